The maximum absolute atomic E-state index is 10.8. The minimum atomic E-state index is -0.760. The SMILES string of the molecule is CCCC1=NC2=C3N=NNN3C(C)=C(C)C2N1CCCC(=O)O. The van der Waals surface area contributed by atoms with E-state index in [-0.39, 0.29) is 12.5 Å². The Hall–Kier alpha value is -2.38. The van der Waals surface area contributed by atoms with E-state index in [1.807, 2.05) is 11.9 Å². The van der Waals surface area contributed by atoms with E-state index in [1.165, 1.54) is 5.57 Å². The molecule has 0 spiro atoms. The van der Waals surface area contributed by atoms with Gasteiger partial charge in [-0.1, -0.05) is 12.1 Å². The summed E-state index contributed by atoms with van der Waals surface area (Å²) in [6.45, 7) is 6.92. The molecule has 0 fully saturated rings. The molecule has 0 saturated carbocycles. The molecular formula is C15H22N6O2. The van der Waals surface area contributed by atoms with E-state index in [1.54, 1.807) is 0 Å². The topological polar surface area (TPSA) is 92.9 Å². The van der Waals surface area contributed by atoms with Gasteiger partial charge in [0, 0.05) is 25.1 Å². The number of allylic oxidation sites excluding steroid dienone is 1. The Morgan fingerprint density at radius 3 is 2.87 bits per heavy atom. The molecule has 0 aromatic carbocycles. The van der Waals surface area contributed by atoms with Crippen molar-refractivity contribution in [3.8, 4) is 0 Å². The number of aliphatic carboxylic acids is 1. The molecule has 0 aromatic heterocycles. The summed E-state index contributed by atoms with van der Waals surface area (Å²) in [6.07, 6.45) is 2.64. The largest absolute Gasteiger partial charge is 0.481 e. The number of fused-ring (bicyclic) bond motifs is 2. The molecule has 124 valence electrons. The van der Waals surface area contributed by atoms with Gasteiger partial charge < -0.3 is 10.0 Å². The van der Waals surface area contributed by atoms with Crippen LogP contribution in [-0.4, -0.2) is 39.4 Å². The molecule has 23 heavy (non-hydrogen) atoms. The second-order valence-corrected chi connectivity index (χ2v) is 5.98. The molecule has 8 heteroatoms. The smallest absolute Gasteiger partial charge is 0.303 e. The van der Waals surface area contributed by atoms with Gasteiger partial charge in [-0.2, -0.15) is 5.53 Å². The molecule has 1 atom stereocenters. The van der Waals surface area contributed by atoms with Crippen LogP contribution in [0.4, 0.5) is 0 Å². The van der Waals surface area contributed by atoms with E-state index < -0.39 is 5.97 Å². The Labute approximate surface area is 135 Å². The number of nitrogens with one attached hydrogen (secondary N) is 1. The lowest BCUT2D eigenvalue weighted by Crippen LogP contribution is -2.42. The fourth-order valence-electron chi connectivity index (χ4n) is 3.23. The number of carboxylic acids is 1. The van der Waals surface area contributed by atoms with Crippen LogP contribution in [0.5, 0.6) is 0 Å². The van der Waals surface area contributed by atoms with Gasteiger partial charge in [0.15, 0.2) is 0 Å². The van der Waals surface area contributed by atoms with Crippen molar-refractivity contribution in [2.24, 2.45) is 15.3 Å². The Balaban J connectivity index is 1.92. The van der Waals surface area contributed by atoms with Gasteiger partial charge in [0.1, 0.15) is 11.5 Å². The Kier molecular flexibility index (Phi) is 4.06. The highest BCUT2D eigenvalue weighted by molar-refractivity contribution is 5.87. The molecule has 0 amide bonds. The van der Waals surface area contributed by atoms with E-state index in [2.05, 4.69) is 34.6 Å². The number of hydrogen-bond donors (Lipinski definition) is 2. The molecule has 3 heterocycles. The summed E-state index contributed by atoms with van der Waals surface area (Å²) in [5.74, 6) is 0.998. The second kappa shape index (κ2) is 6.02. The van der Waals surface area contributed by atoms with Crippen molar-refractivity contribution in [2.45, 2.75) is 52.5 Å². The van der Waals surface area contributed by atoms with Gasteiger partial charge in [-0.25, -0.2) is 10.0 Å². The van der Waals surface area contributed by atoms with E-state index in [0.717, 1.165) is 35.9 Å². The van der Waals surface area contributed by atoms with Crippen LogP contribution in [-0.2, 0) is 4.79 Å². The number of carbonyl (C=O) groups is 1. The number of nitrogens with zero attached hydrogens (tertiary/aromatic N) is 5. The third-order valence-corrected chi connectivity index (χ3v) is 4.46. The van der Waals surface area contributed by atoms with Gasteiger partial charge in [-0.3, -0.25) is 4.79 Å². The van der Waals surface area contributed by atoms with Crippen LogP contribution in [0.3, 0.4) is 0 Å². The molecule has 3 rings (SSSR count). The predicted octanol–water partition coefficient (Wildman–Crippen LogP) is 2.40. The number of hydrogen-bond acceptors (Lipinski definition) is 7. The van der Waals surface area contributed by atoms with Crippen LogP contribution < -0.4 is 5.53 Å². The molecule has 8 nitrogen and oxygen atoms in total. The molecule has 3 aliphatic rings. The lowest BCUT2D eigenvalue weighted by molar-refractivity contribution is -0.137. The highest BCUT2D eigenvalue weighted by Crippen LogP contribution is 2.39. The number of rotatable bonds is 6. The van der Waals surface area contributed by atoms with Crippen molar-refractivity contribution in [3.63, 3.8) is 0 Å². The summed E-state index contributed by atoms with van der Waals surface area (Å²) in [4.78, 5) is 17.9. The Bertz CT molecular complexity index is 648. The summed E-state index contributed by atoms with van der Waals surface area (Å²) < 4.78 is 0. The van der Waals surface area contributed by atoms with Crippen LogP contribution in [0.2, 0.25) is 0 Å². The van der Waals surface area contributed by atoms with Crippen LogP contribution in [0, 0.1) is 0 Å². The molecule has 0 radical (unpaired) electrons. The average molecular weight is 318 g/mol. The van der Waals surface area contributed by atoms with Gasteiger partial charge >= 0.3 is 5.97 Å². The Morgan fingerprint density at radius 2 is 2.17 bits per heavy atom. The number of amidine groups is 1. The summed E-state index contributed by atoms with van der Waals surface area (Å²) in [7, 11) is 0. The van der Waals surface area contributed by atoms with E-state index in [9.17, 15) is 4.79 Å². The number of carboxylic acid groups (broad SMARTS) is 1. The molecule has 0 aromatic rings. The van der Waals surface area contributed by atoms with Crippen molar-refractivity contribution < 1.29 is 9.90 Å². The van der Waals surface area contributed by atoms with Crippen molar-refractivity contribution in [1.29, 1.82) is 0 Å². The van der Waals surface area contributed by atoms with Crippen molar-refractivity contribution in [2.75, 3.05) is 6.54 Å². The number of hydrazine groups is 1. The van der Waals surface area contributed by atoms with E-state index in [4.69, 9.17) is 10.1 Å². The van der Waals surface area contributed by atoms with Crippen LogP contribution in [0.25, 0.3) is 0 Å². The van der Waals surface area contributed by atoms with Crippen molar-refractivity contribution in [1.82, 2.24) is 15.4 Å². The molecule has 0 saturated heterocycles. The highest BCUT2D eigenvalue weighted by Gasteiger charge is 2.41. The maximum atomic E-state index is 10.8. The molecule has 2 N–H and O–H groups in total. The van der Waals surface area contributed by atoms with E-state index >= 15 is 0 Å². The lowest BCUT2D eigenvalue weighted by Gasteiger charge is -2.34. The fraction of sp³-hybridized carbons (Fsp3) is 0.600. The third-order valence-electron chi connectivity index (χ3n) is 4.46. The maximum Gasteiger partial charge on any atom is 0.303 e. The standard InChI is InChI=1S/C15H22N6O2/c1-4-6-11-16-13-14(20(11)8-5-7-12(22)23)9(2)10(3)21-15(13)17-18-19-21/h14H,4-8H2,1-3H3,(H,17,19)(H,22,23). The lowest BCUT2D eigenvalue weighted by atomic mass is 9.99. The second-order valence-electron chi connectivity index (χ2n) is 5.98. The molecule has 0 aliphatic carbocycles. The molecule has 0 bridgehead atoms. The van der Waals surface area contributed by atoms with Crippen molar-refractivity contribution >= 4 is 11.8 Å². The summed E-state index contributed by atoms with van der Waals surface area (Å²) in [5.41, 5.74) is 6.04. The van der Waals surface area contributed by atoms with Gasteiger partial charge in [-0.15, -0.1) is 5.11 Å². The first-order valence-corrected chi connectivity index (χ1v) is 7.98. The third kappa shape index (κ3) is 2.58. The quantitative estimate of drug-likeness (QED) is 0.784. The van der Waals surface area contributed by atoms with Gasteiger partial charge in [0.05, 0.1) is 6.04 Å². The summed E-state index contributed by atoms with van der Waals surface area (Å²) >= 11 is 0. The van der Waals surface area contributed by atoms with Gasteiger partial charge in [0.2, 0.25) is 5.82 Å². The van der Waals surface area contributed by atoms with Crippen LogP contribution >= 0.6 is 0 Å². The van der Waals surface area contributed by atoms with Crippen LogP contribution in [0.1, 0.15) is 46.5 Å². The van der Waals surface area contributed by atoms with Crippen molar-refractivity contribution in [3.05, 3.63) is 22.8 Å². The minimum absolute atomic E-state index is 0.0374. The molecule has 3 aliphatic heterocycles. The fourth-order valence-corrected chi connectivity index (χ4v) is 3.23. The number of aliphatic imine (C=N–C) groups is 1. The summed E-state index contributed by atoms with van der Waals surface area (Å²) in [5, 5.41) is 18.8. The first kappa shape index (κ1) is 15.5. The summed E-state index contributed by atoms with van der Waals surface area (Å²) in [6, 6.07) is 0.0374. The zero-order valence-electron chi connectivity index (χ0n) is 13.7. The normalized spacial score (nSPS) is 22.4. The predicted molar refractivity (Wildman–Crippen MR) is 84.9 cm³/mol. The molecule has 1 unspecified atom stereocenters. The van der Waals surface area contributed by atoms with E-state index in [0.29, 0.717) is 13.0 Å². The Morgan fingerprint density at radius 1 is 1.39 bits per heavy atom. The zero-order chi connectivity index (χ0) is 16.6. The first-order valence-electron chi connectivity index (χ1n) is 7.98. The van der Waals surface area contributed by atoms with Crippen LogP contribution in [0.15, 0.2) is 38.1 Å². The monoisotopic (exact) mass is 318 g/mol. The first-order chi connectivity index (χ1) is 11.0. The average Bonchev–Trinajstić information content (AvgIpc) is 3.10. The minimum Gasteiger partial charge on any atom is -0.481 e. The van der Waals surface area contributed by atoms with Gasteiger partial charge in [-0.05, 0) is 32.3 Å². The van der Waals surface area contributed by atoms with Gasteiger partial charge in [0.25, 0.3) is 0 Å². The molecular weight excluding hydrogens is 296 g/mol. The zero-order valence-corrected chi connectivity index (χ0v) is 13.7. The highest BCUT2D eigenvalue weighted by atomic mass is 16.4.